The first-order chi connectivity index (χ1) is 10.9. The van der Waals surface area contributed by atoms with Crippen molar-refractivity contribution in [3.8, 4) is 0 Å². The third-order valence-electron chi connectivity index (χ3n) is 3.06. The molecule has 0 aromatic heterocycles. The van der Waals surface area contributed by atoms with Crippen LogP contribution in [0.3, 0.4) is 0 Å². The van der Waals surface area contributed by atoms with Crippen molar-refractivity contribution in [3.05, 3.63) is 29.8 Å². The molecule has 134 valence electrons. The third kappa shape index (κ3) is 6.57. The molecule has 1 atom stereocenters. The first-order valence-corrected chi connectivity index (χ1v) is 9.29. The van der Waals surface area contributed by atoms with Gasteiger partial charge in [0.15, 0.2) is 9.84 Å². The number of amides is 1. The molecule has 0 spiro atoms. The van der Waals surface area contributed by atoms with Gasteiger partial charge in [-0.2, -0.15) is 0 Å². The minimum atomic E-state index is -3.41. The first-order valence-electron chi connectivity index (χ1n) is 7.40. The highest BCUT2D eigenvalue weighted by atomic mass is 32.2. The second kappa shape index (κ2) is 7.65. The van der Waals surface area contributed by atoms with Crippen LogP contribution in [0.15, 0.2) is 29.2 Å². The van der Waals surface area contributed by atoms with E-state index in [-0.39, 0.29) is 17.7 Å². The lowest BCUT2D eigenvalue weighted by Gasteiger charge is -2.22. The summed E-state index contributed by atoms with van der Waals surface area (Å²) in [5, 5.41) is 11.5. The summed E-state index contributed by atoms with van der Waals surface area (Å²) in [6.07, 6.45) is 0.502. The van der Waals surface area contributed by atoms with Gasteiger partial charge in [0.05, 0.1) is 4.90 Å². The Morgan fingerprint density at radius 3 is 2.33 bits per heavy atom. The van der Waals surface area contributed by atoms with Gasteiger partial charge in [-0.05, 0) is 45.2 Å². The number of ether oxygens (including phenoxy) is 1. The van der Waals surface area contributed by atoms with Gasteiger partial charge in [0.25, 0.3) is 0 Å². The summed E-state index contributed by atoms with van der Waals surface area (Å²) in [4.78, 5) is 23.2. The normalized spacial score (nSPS) is 13.2. The Kier molecular flexibility index (Phi) is 6.36. The summed E-state index contributed by atoms with van der Waals surface area (Å²) in [6, 6.07) is 5.21. The van der Waals surface area contributed by atoms with Crippen molar-refractivity contribution in [2.24, 2.45) is 0 Å². The molecule has 0 radical (unpaired) electrons. The minimum Gasteiger partial charge on any atom is -0.480 e. The van der Waals surface area contributed by atoms with Crippen LogP contribution in [0.1, 0.15) is 32.8 Å². The summed E-state index contributed by atoms with van der Waals surface area (Å²) in [7, 11) is -3.41. The van der Waals surface area contributed by atoms with Crippen molar-refractivity contribution in [2.75, 3.05) is 6.26 Å². The number of aryl methyl sites for hydroxylation is 1. The fourth-order valence-electron chi connectivity index (χ4n) is 2.08. The molecule has 8 heteroatoms. The van der Waals surface area contributed by atoms with Gasteiger partial charge in [0.1, 0.15) is 11.6 Å². The lowest BCUT2D eigenvalue weighted by atomic mass is 10.1. The molecule has 1 rings (SSSR count). The molecular weight excluding hydrogens is 334 g/mol. The number of alkyl carbamates (subject to hydrolysis) is 1. The van der Waals surface area contributed by atoms with Gasteiger partial charge in [0.2, 0.25) is 0 Å². The molecule has 2 N–H and O–H groups in total. The largest absolute Gasteiger partial charge is 0.480 e. The van der Waals surface area contributed by atoms with Gasteiger partial charge in [0, 0.05) is 6.26 Å². The van der Waals surface area contributed by atoms with Crippen LogP contribution < -0.4 is 5.32 Å². The molecule has 0 bridgehead atoms. The Labute approximate surface area is 141 Å². The molecule has 7 nitrogen and oxygen atoms in total. The number of nitrogens with one attached hydrogen (secondary N) is 1. The fraction of sp³-hybridized carbons (Fsp3) is 0.500. The van der Waals surface area contributed by atoms with Gasteiger partial charge in [-0.15, -0.1) is 0 Å². The number of carboxylic acid groups (broad SMARTS) is 1. The lowest BCUT2D eigenvalue weighted by molar-refractivity contribution is -0.139. The average Bonchev–Trinajstić information content (AvgIpc) is 2.40. The van der Waals surface area contributed by atoms with Crippen LogP contribution >= 0.6 is 0 Å². The van der Waals surface area contributed by atoms with E-state index in [0.717, 1.165) is 6.26 Å². The number of rotatable bonds is 6. The number of hydrogen-bond acceptors (Lipinski definition) is 5. The number of carbonyl (C=O) groups is 2. The van der Waals surface area contributed by atoms with E-state index in [1.54, 1.807) is 39.0 Å². The van der Waals surface area contributed by atoms with Crippen molar-refractivity contribution in [1.82, 2.24) is 5.32 Å². The van der Waals surface area contributed by atoms with Gasteiger partial charge >= 0.3 is 12.1 Å². The molecule has 1 aromatic carbocycles. The Morgan fingerprint density at radius 1 is 1.25 bits per heavy atom. The van der Waals surface area contributed by atoms with Gasteiger partial charge in [-0.3, -0.25) is 0 Å². The van der Waals surface area contributed by atoms with E-state index >= 15 is 0 Å². The quantitative estimate of drug-likeness (QED) is 0.806. The standard InChI is InChI=1S/C16H23NO6S/c1-16(2,3)23-15(20)17-12(14(18)19)10-9-11-7-5-6-8-13(11)24(4,21)22/h5-8,12H,9-10H2,1-4H3,(H,17,20)(H,18,19). The minimum absolute atomic E-state index is 0.0428. The lowest BCUT2D eigenvalue weighted by Crippen LogP contribution is -2.43. The van der Waals surface area contributed by atoms with Gasteiger partial charge < -0.3 is 15.2 Å². The number of sulfone groups is 1. The zero-order valence-electron chi connectivity index (χ0n) is 14.2. The van der Waals surface area contributed by atoms with E-state index in [4.69, 9.17) is 4.74 Å². The van der Waals surface area contributed by atoms with Gasteiger partial charge in [-0.1, -0.05) is 18.2 Å². The molecular formula is C16H23NO6S. The molecule has 0 aliphatic carbocycles. The summed E-state index contributed by atoms with van der Waals surface area (Å²) >= 11 is 0. The number of carboxylic acids is 1. The molecule has 0 saturated carbocycles. The Balaban J connectivity index is 2.82. The maximum Gasteiger partial charge on any atom is 0.408 e. The monoisotopic (exact) mass is 357 g/mol. The van der Waals surface area contributed by atoms with E-state index in [2.05, 4.69) is 5.32 Å². The van der Waals surface area contributed by atoms with E-state index in [1.165, 1.54) is 6.07 Å². The Hall–Kier alpha value is -2.09. The molecule has 1 aromatic rings. The highest BCUT2D eigenvalue weighted by molar-refractivity contribution is 7.90. The van der Waals surface area contributed by atoms with Crippen LogP contribution in [0.25, 0.3) is 0 Å². The molecule has 0 aliphatic rings. The number of benzene rings is 1. The molecule has 0 fully saturated rings. The molecule has 0 saturated heterocycles. The zero-order chi connectivity index (χ0) is 18.5. The Bertz CT molecular complexity index is 706. The second-order valence-corrected chi connectivity index (χ2v) is 8.44. The highest BCUT2D eigenvalue weighted by Gasteiger charge is 2.24. The number of carbonyl (C=O) groups excluding carboxylic acids is 1. The second-order valence-electron chi connectivity index (χ2n) is 6.46. The molecule has 0 heterocycles. The number of hydrogen-bond donors (Lipinski definition) is 2. The molecule has 24 heavy (non-hydrogen) atoms. The van der Waals surface area contributed by atoms with Crippen LogP contribution in [0.2, 0.25) is 0 Å². The maximum atomic E-state index is 11.8. The van der Waals surface area contributed by atoms with E-state index in [9.17, 15) is 23.1 Å². The van der Waals surface area contributed by atoms with Crippen molar-refractivity contribution in [1.29, 1.82) is 0 Å². The van der Waals surface area contributed by atoms with E-state index in [1.807, 2.05) is 0 Å². The molecule has 0 aliphatic heterocycles. The average molecular weight is 357 g/mol. The SMILES string of the molecule is CC(C)(C)OC(=O)NC(CCc1ccccc1S(C)(=O)=O)C(=O)O. The van der Waals surface area contributed by atoms with E-state index in [0.29, 0.717) is 5.56 Å². The van der Waals surface area contributed by atoms with Gasteiger partial charge in [-0.25, -0.2) is 18.0 Å². The Morgan fingerprint density at radius 2 is 1.83 bits per heavy atom. The summed E-state index contributed by atoms with van der Waals surface area (Å²) in [5.41, 5.74) is -0.229. The smallest absolute Gasteiger partial charge is 0.408 e. The van der Waals surface area contributed by atoms with Crippen molar-refractivity contribution >= 4 is 21.9 Å². The predicted molar refractivity (Wildman–Crippen MR) is 88.7 cm³/mol. The van der Waals surface area contributed by atoms with Crippen LogP contribution in [-0.2, 0) is 25.8 Å². The molecule has 1 unspecified atom stereocenters. The topological polar surface area (TPSA) is 110 Å². The van der Waals surface area contributed by atoms with Crippen LogP contribution in [0.4, 0.5) is 4.79 Å². The van der Waals surface area contributed by atoms with Crippen molar-refractivity contribution in [2.45, 2.75) is 50.2 Å². The summed E-state index contributed by atoms with van der Waals surface area (Å²) in [5.74, 6) is -1.21. The van der Waals surface area contributed by atoms with Crippen molar-refractivity contribution in [3.63, 3.8) is 0 Å². The fourth-order valence-corrected chi connectivity index (χ4v) is 3.05. The third-order valence-corrected chi connectivity index (χ3v) is 4.26. The summed E-state index contributed by atoms with van der Waals surface area (Å²) < 4.78 is 28.6. The number of aliphatic carboxylic acids is 1. The zero-order valence-corrected chi connectivity index (χ0v) is 15.0. The highest BCUT2D eigenvalue weighted by Crippen LogP contribution is 2.18. The van der Waals surface area contributed by atoms with Crippen LogP contribution in [0.5, 0.6) is 0 Å². The first kappa shape index (κ1) is 20.0. The van der Waals surface area contributed by atoms with Crippen LogP contribution in [-0.4, -0.2) is 43.5 Å². The van der Waals surface area contributed by atoms with E-state index < -0.39 is 33.5 Å². The summed E-state index contributed by atoms with van der Waals surface area (Å²) in [6.45, 7) is 5.01. The predicted octanol–water partition coefficient (Wildman–Crippen LogP) is 2.00. The van der Waals surface area contributed by atoms with Crippen molar-refractivity contribution < 1.29 is 27.9 Å². The van der Waals surface area contributed by atoms with Crippen LogP contribution in [0, 0.1) is 0 Å². The maximum absolute atomic E-state index is 11.8. The molecule has 1 amide bonds.